The Kier molecular flexibility index (Phi) is 6.14. The van der Waals surface area contributed by atoms with E-state index in [4.69, 9.17) is 9.15 Å². The first kappa shape index (κ1) is 20.2. The Balaban J connectivity index is 1.29. The molecular weight excluding hydrogens is 378 g/mol. The number of carbonyl (C=O) groups excluding carboxylic acids is 1. The number of carbonyl (C=O) groups is 1. The third-order valence-electron chi connectivity index (χ3n) is 5.61. The molecule has 6 nitrogen and oxygen atoms in total. The maximum Gasteiger partial charge on any atom is 0.227 e. The van der Waals surface area contributed by atoms with Crippen LogP contribution in [0, 0.1) is 6.92 Å². The predicted molar refractivity (Wildman–Crippen MR) is 115 cm³/mol. The maximum absolute atomic E-state index is 12.7. The molecule has 3 aromatic rings. The highest BCUT2D eigenvalue weighted by molar-refractivity contribution is 5.79. The molecule has 0 aliphatic carbocycles. The molecule has 6 heteroatoms. The molecule has 0 bridgehead atoms. The first-order chi connectivity index (χ1) is 14.6. The summed E-state index contributed by atoms with van der Waals surface area (Å²) in [7, 11) is 1.65. The second-order valence-electron chi connectivity index (χ2n) is 7.61. The Morgan fingerprint density at radius 3 is 2.50 bits per heavy atom. The zero-order valence-corrected chi connectivity index (χ0v) is 17.5. The van der Waals surface area contributed by atoms with Crippen LogP contribution in [0.15, 0.2) is 59.1 Å². The number of piperazine rings is 1. The predicted octanol–water partition coefficient (Wildman–Crippen LogP) is 3.55. The summed E-state index contributed by atoms with van der Waals surface area (Å²) in [6.07, 6.45) is 2.23. The quantitative estimate of drug-likeness (QED) is 0.628. The van der Waals surface area contributed by atoms with E-state index in [0.717, 1.165) is 48.8 Å². The van der Waals surface area contributed by atoms with Crippen molar-refractivity contribution in [3.8, 4) is 17.1 Å². The van der Waals surface area contributed by atoms with Crippen LogP contribution < -0.4 is 4.74 Å². The summed E-state index contributed by atoms with van der Waals surface area (Å²) in [5.41, 5.74) is 3.25. The van der Waals surface area contributed by atoms with Crippen LogP contribution in [0.4, 0.5) is 0 Å². The van der Waals surface area contributed by atoms with Crippen molar-refractivity contribution in [3.05, 3.63) is 71.7 Å². The van der Waals surface area contributed by atoms with Gasteiger partial charge in [0.1, 0.15) is 5.75 Å². The second-order valence-corrected chi connectivity index (χ2v) is 7.61. The third kappa shape index (κ3) is 4.71. The van der Waals surface area contributed by atoms with Crippen LogP contribution in [0.25, 0.3) is 11.3 Å². The molecule has 2 aromatic carbocycles. The van der Waals surface area contributed by atoms with Gasteiger partial charge in [-0.2, -0.15) is 0 Å². The van der Waals surface area contributed by atoms with E-state index in [1.165, 1.54) is 5.56 Å². The molecule has 1 aromatic heterocycles. The molecular formula is C24H27N3O3. The number of amides is 1. The molecule has 1 aliphatic rings. The second kappa shape index (κ2) is 9.13. The summed E-state index contributed by atoms with van der Waals surface area (Å²) < 4.78 is 11.1. The molecule has 0 atom stereocenters. The number of aromatic nitrogens is 1. The minimum Gasteiger partial charge on any atom is -0.497 e. The van der Waals surface area contributed by atoms with Crippen molar-refractivity contribution >= 4 is 5.91 Å². The van der Waals surface area contributed by atoms with Crippen LogP contribution in [0.2, 0.25) is 0 Å². The summed E-state index contributed by atoms with van der Waals surface area (Å²) in [5, 5.41) is 0. The highest BCUT2D eigenvalue weighted by atomic mass is 16.5. The van der Waals surface area contributed by atoms with Crippen molar-refractivity contribution in [2.75, 3.05) is 33.3 Å². The summed E-state index contributed by atoms with van der Waals surface area (Å²) in [6.45, 7) is 5.81. The Bertz CT molecular complexity index is 989. The molecule has 2 heterocycles. The maximum atomic E-state index is 12.7. The Morgan fingerprint density at radius 2 is 1.80 bits per heavy atom. The lowest BCUT2D eigenvalue weighted by atomic mass is 10.1. The van der Waals surface area contributed by atoms with Crippen LogP contribution in [0.1, 0.15) is 17.0 Å². The van der Waals surface area contributed by atoms with Crippen molar-refractivity contribution in [2.45, 2.75) is 19.9 Å². The monoisotopic (exact) mass is 405 g/mol. The minimum absolute atomic E-state index is 0.196. The average Bonchev–Trinajstić information content (AvgIpc) is 3.24. The van der Waals surface area contributed by atoms with E-state index in [2.05, 4.69) is 22.9 Å². The van der Waals surface area contributed by atoms with Gasteiger partial charge in [0.2, 0.25) is 11.8 Å². The van der Waals surface area contributed by atoms with Gasteiger partial charge in [0, 0.05) is 31.7 Å². The van der Waals surface area contributed by atoms with Gasteiger partial charge in [-0.15, -0.1) is 0 Å². The van der Waals surface area contributed by atoms with Crippen LogP contribution >= 0.6 is 0 Å². The molecule has 1 saturated heterocycles. The number of ether oxygens (including phenoxy) is 1. The summed E-state index contributed by atoms with van der Waals surface area (Å²) in [4.78, 5) is 21.3. The Hall–Kier alpha value is -3.12. The van der Waals surface area contributed by atoms with E-state index >= 15 is 0 Å². The molecule has 1 fully saturated rings. The first-order valence-electron chi connectivity index (χ1n) is 10.3. The van der Waals surface area contributed by atoms with E-state index in [1.54, 1.807) is 13.3 Å². The molecule has 1 aliphatic heterocycles. The molecule has 0 radical (unpaired) electrons. The zero-order chi connectivity index (χ0) is 20.9. The number of aryl methyl sites for hydroxylation is 1. The lowest BCUT2D eigenvalue weighted by molar-refractivity contribution is -0.132. The van der Waals surface area contributed by atoms with E-state index in [1.807, 2.05) is 47.4 Å². The molecule has 0 spiro atoms. The summed E-state index contributed by atoms with van der Waals surface area (Å²) in [6, 6.07) is 15.8. The number of methoxy groups -OCH3 is 1. The SMILES string of the molecule is COc1ccc(-c2cnc(CN3CCN(C(=O)Cc4ccccc4C)CC3)o2)cc1. The van der Waals surface area contributed by atoms with Gasteiger partial charge >= 0.3 is 0 Å². The highest BCUT2D eigenvalue weighted by Crippen LogP contribution is 2.23. The van der Waals surface area contributed by atoms with Crippen LogP contribution in [-0.2, 0) is 17.8 Å². The highest BCUT2D eigenvalue weighted by Gasteiger charge is 2.22. The number of rotatable bonds is 6. The van der Waals surface area contributed by atoms with E-state index in [0.29, 0.717) is 18.9 Å². The number of oxazole rings is 1. The molecule has 0 unspecified atom stereocenters. The largest absolute Gasteiger partial charge is 0.497 e. The minimum atomic E-state index is 0.196. The lowest BCUT2D eigenvalue weighted by Crippen LogP contribution is -2.48. The number of hydrogen-bond acceptors (Lipinski definition) is 5. The molecule has 156 valence electrons. The van der Waals surface area contributed by atoms with E-state index in [9.17, 15) is 4.79 Å². The fourth-order valence-electron chi connectivity index (χ4n) is 3.70. The summed E-state index contributed by atoms with van der Waals surface area (Å²) in [5.74, 6) is 2.45. The fraction of sp³-hybridized carbons (Fsp3) is 0.333. The smallest absolute Gasteiger partial charge is 0.227 e. The normalized spacial score (nSPS) is 14.7. The van der Waals surface area contributed by atoms with Gasteiger partial charge in [0.05, 0.1) is 26.3 Å². The standard InChI is InChI=1S/C24H27N3O3/c1-18-5-3-4-6-20(18)15-24(28)27-13-11-26(12-14-27)17-23-25-16-22(30-23)19-7-9-21(29-2)10-8-19/h3-10,16H,11-15,17H2,1-2H3. The van der Waals surface area contributed by atoms with E-state index in [-0.39, 0.29) is 5.91 Å². The number of hydrogen-bond donors (Lipinski definition) is 0. The van der Waals surface area contributed by atoms with Crippen molar-refractivity contribution in [3.63, 3.8) is 0 Å². The Morgan fingerprint density at radius 1 is 1.07 bits per heavy atom. The Labute approximate surface area is 177 Å². The zero-order valence-electron chi connectivity index (χ0n) is 17.5. The first-order valence-corrected chi connectivity index (χ1v) is 10.3. The van der Waals surface area contributed by atoms with Gasteiger partial charge in [-0.05, 0) is 42.3 Å². The summed E-state index contributed by atoms with van der Waals surface area (Å²) >= 11 is 0. The number of nitrogens with zero attached hydrogens (tertiary/aromatic N) is 3. The average molecular weight is 405 g/mol. The van der Waals surface area contributed by atoms with Crippen LogP contribution in [0.3, 0.4) is 0 Å². The van der Waals surface area contributed by atoms with Crippen molar-refractivity contribution in [1.29, 1.82) is 0 Å². The van der Waals surface area contributed by atoms with Gasteiger partial charge in [-0.25, -0.2) is 4.98 Å². The van der Waals surface area contributed by atoms with Gasteiger partial charge in [-0.3, -0.25) is 9.69 Å². The van der Waals surface area contributed by atoms with Crippen molar-refractivity contribution < 1.29 is 13.9 Å². The lowest BCUT2D eigenvalue weighted by Gasteiger charge is -2.34. The van der Waals surface area contributed by atoms with Gasteiger partial charge in [0.15, 0.2) is 5.76 Å². The van der Waals surface area contributed by atoms with Crippen LogP contribution in [0.5, 0.6) is 5.75 Å². The molecule has 1 amide bonds. The van der Waals surface area contributed by atoms with Crippen molar-refractivity contribution in [1.82, 2.24) is 14.8 Å². The van der Waals surface area contributed by atoms with Crippen molar-refractivity contribution in [2.24, 2.45) is 0 Å². The number of benzene rings is 2. The van der Waals surface area contributed by atoms with Gasteiger partial charge in [-0.1, -0.05) is 24.3 Å². The molecule has 4 rings (SSSR count). The fourth-order valence-corrected chi connectivity index (χ4v) is 3.70. The van der Waals surface area contributed by atoms with Gasteiger partial charge in [0.25, 0.3) is 0 Å². The molecule has 30 heavy (non-hydrogen) atoms. The van der Waals surface area contributed by atoms with E-state index < -0.39 is 0 Å². The third-order valence-corrected chi connectivity index (χ3v) is 5.61. The molecule has 0 N–H and O–H groups in total. The molecule has 0 saturated carbocycles. The van der Waals surface area contributed by atoms with Crippen LogP contribution in [-0.4, -0.2) is 54.0 Å². The van der Waals surface area contributed by atoms with Gasteiger partial charge < -0.3 is 14.1 Å². The topological polar surface area (TPSA) is 58.8 Å².